The number of amides is 1. The van der Waals surface area contributed by atoms with Crippen LogP contribution >= 0.6 is 15.9 Å². The van der Waals surface area contributed by atoms with E-state index in [1.165, 1.54) is 11.1 Å². The number of carbonyl (C=O) groups excluding carboxylic acids is 1. The fourth-order valence-corrected chi connectivity index (χ4v) is 4.25. The first kappa shape index (κ1) is 19.7. The van der Waals surface area contributed by atoms with E-state index in [0.29, 0.717) is 5.56 Å². The molecule has 0 aliphatic heterocycles. The third-order valence-corrected chi connectivity index (χ3v) is 6.24. The summed E-state index contributed by atoms with van der Waals surface area (Å²) in [5.74, 6) is -0.0165. The van der Waals surface area contributed by atoms with Crippen molar-refractivity contribution in [2.75, 3.05) is 0 Å². The minimum Gasteiger partial charge on any atom is -0.345 e. The Morgan fingerprint density at radius 2 is 2.03 bits per heavy atom. The van der Waals surface area contributed by atoms with E-state index in [9.17, 15) is 4.79 Å². The summed E-state index contributed by atoms with van der Waals surface area (Å²) >= 11 is 3.62. The molecule has 1 aliphatic carbocycles. The highest BCUT2D eigenvalue weighted by atomic mass is 79.9. The number of aromatic nitrogens is 1. The molecule has 0 radical (unpaired) electrons. The van der Waals surface area contributed by atoms with Gasteiger partial charge in [0.15, 0.2) is 0 Å². The van der Waals surface area contributed by atoms with Crippen LogP contribution in [0.15, 0.2) is 83.0 Å². The number of carbonyl (C=O) groups is 1. The Kier molecular flexibility index (Phi) is 6.00. The van der Waals surface area contributed by atoms with Crippen molar-refractivity contribution in [3.05, 3.63) is 94.1 Å². The van der Waals surface area contributed by atoms with Crippen LogP contribution in [0, 0.1) is 0 Å². The summed E-state index contributed by atoms with van der Waals surface area (Å²) in [5.41, 5.74) is 4.27. The molecule has 0 spiro atoms. The van der Waals surface area contributed by atoms with E-state index in [1.807, 2.05) is 24.3 Å². The lowest BCUT2D eigenvalue weighted by Gasteiger charge is -2.20. The summed E-state index contributed by atoms with van der Waals surface area (Å²) in [6.45, 7) is 2.90. The average Bonchev–Trinajstić information content (AvgIpc) is 3.16. The second-order valence-electron chi connectivity index (χ2n) is 7.43. The Hall–Kier alpha value is -2.59. The van der Waals surface area contributed by atoms with E-state index in [4.69, 9.17) is 0 Å². The number of rotatable bonds is 6. The molecule has 1 aromatic heterocycles. The van der Waals surface area contributed by atoms with Gasteiger partial charge in [-0.3, -0.25) is 4.79 Å². The summed E-state index contributed by atoms with van der Waals surface area (Å²) in [6, 6.07) is 16.3. The Morgan fingerprint density at radius 1 is 1.17 bits per heavy atom. The fraction of sp³-hybridized carbons (Fsp3) is 0.240. The standard InChI is InChI=1S/C25H25BrN2O/c1-2-23(18-8-4-3-5-9-18)27-25(29)20-12-13-24-19(16-20)14-15-28(24)17-21-10-6-7-11-22(21)26/h4,6-16,23H,2-3,5,17H2,1H3,(H,27,29). The van der Waals surface area contributed by atoms with Crippen LogP contribution in [0.25, 0.3) is 10.9 Å². The van der Waals surface area contributed by atoms with Gasteiger partial charge in [0, 0.05) is 33.7 Å². The predicted octanol–water partition coefficient (Wildman–Crippen LogP) is 6.24. The van der Waals surface area contributed by atoms with Crippen LogP contribution in [0.3, 0.4) is 0 Å². The molecule has 0 bridgehead atoms. The Labute approximate surface area is 180 Å². The lowest BCUT2D eigenvalue weighted by atomic mass is 9.98. The molecule has 3 nitrogen and oxygen atoms in total. The van der Waals surface area contributed by atoms with Gasteiger partial charge < -0.3 is 9.88 Å². The molecular formula is C25H25BrN2O. The zero-order chi connectivity index (χ0) is 20.2. The van der Waals surface area contributed by atoms with E-state index in [-0.39, 0.29) is 11.9 Å². The molecule has 0 saturated carbocycles. The minimum atomic E-state index is -0.0165. The van der Waals surface area contributed by atoms with Crippen molar-refractivity contribution in [3.8, 4) is 0 Å². The lowest BCUT2D eigenvalue weighted by molar-refractivity contribution is 0.0942. The van der Waals surface area contributed by atoms with E-state index < -0.39 is 0 Å². The smallest absolute Gasteiger partial charge is 0.251 e. The SMILES string of the molecule is CCC(NC(=O)c1ccc2c(ccn2Cc2ccccc2Br)c1)C1=CCCC=C1. The van der Waals surface area contributed by atoms with Crippen LogP contribution < -0.4 is 5.32 Å². The largest absolute Gasteiger partial charge is 0.345 e. The highest BCUT2D eigenvalue weighted by Gasteiger charge is 2.16. The summed E-state index contributed by atoms with van der Waals surface area (Å²) < 4.78 is 3.32. The number of halogens is 1. The second-order valence-corrected chi connectivity index (χ2v) is 8.28. The zero-order valence-corrected chi connectivity index (χ0v) is 18.2. The molecular weight excluding hydrogens is 424 g/mol. The Bertz CT molecular complexity index is 1090. The Morgan fingerprint density at radius 3 is 2.79 bits per heavy atom. The fourth-order valence-electron chi connectivity index (χ4n) is 3.84. The minimum absolute atomic E-state index is 0.0165. The van der Waals surface area contributed by atoms with E-state index >= 15 is 0 Å². The summed E-state index contributed by atoms with van der Waals surface area (Å²) in [7, 11) is 0. The van der Waals surface area contributed by atoms with Gasteiger partial charge in [-0.05, 0) is 60.7 Å². The van der Waals surface area contributed by atoms with E-state index in [0.717, 1.165) is 41.2 Å². The van der Waals surface area contributed by atoms with Crippen molar-refractivity contribution < 1.29 is 4.79 Å². The average molecular weight is 449 g/mol. The van der Waals surface area contributed by atoms with Gasteiger partial charge in [0.2, 0.25) is 0 Å². The Balaban J connectivity index is 1.53. The number of nitrogens with zero attached hydrogens (tertiary/aromatic N) is 1. The van der Waals surface area contributed by atoms with Gasteiger partial charge in [-0.25, -0.2) is 0 Å². The summed E-state index contributed by atoms with van der Waals surface area (Å²) in [5, 5.41) is 4.28. The molecule has 0 fully saturated rings. The van der Waals surface area contributed by atoms with Crippen LogP contribution in [0.4, 0.5) is 0 Å². The van der Waals surface area contributed by atoms with Gasteiger partial charge in [0.1, 0.15) is 0 Å². The molecule has 1 unspecified atom stereocenters. The molecule has 2 aromatic carbocycles. The van der Waals surface area contributed by atoms with Gasteiger partial charge in [-0.1, -0.05) is 59.3 Å². The quantitative estimate of drug-likeness (QED) is 0.475. The first-order valence-electron chi connectivity index (χ1n) is 10.2. The first-order chi connectivity index (χ1) is 14.2. The van der Waals surface area contributed by atoms with Gasteiger partial charge in [-0.2, -0.15) is 0 Å². The number of nitrogens with one attached hydrogen (secondary N) is 1. The molecule has 1 N–H and O–H groups in total. The van der Waals surface area contributed by atoms with Crippen LogP contribution in [-0.2, 0) is 6.54 Å². The highest BCUT2D eigenvalue weighted by Crippen LogP contribution is 2.23. The van der Waals surface area contributed by atoms with Crippen LogP contribution in [0.5, 0.6) is 0 Å². The van der Waals surface area contributed by atoms with E-state index in [1.54, 1.807) is 0 Å². The van der Waals surface area contributed by atoms with Gasteiger partial charge >= 0.3 is 0 Å². The number of fused-ring (bicyclic) bond motifs is 1. The summed E-state index contributed by atoms with van der Waals surface area (Å²) in [4.78, 5) is 12.9. The maximum absolute atomic E-state index is 12.9. The third kappa shape index (κ3) is 4.38. The molecule has 148 valence electrons. The zero-order valence-electron chi connectivity index (χ0n) is 16.6. The molecule has 1 atom stereocenters. The number of hydrogen-bond donors (Lipinski definition) is 1. The molecule has 3 aromatic rings. The molecule has 29 heavy (non-hydrogen) atoms. The number of allylic oxidation sites excluding steroid dienone is 2. The maximum Gasteiger partial charge on any atom is 0.251 e. The molecule has 4 rings (SSSR count). The van der Waals surface area contributed by atoms with Gasteiger partial charge in [0.25, 0.3) is 5.91 Å². The van der Waals surface area contributed by atoms with Crippen molar-refractivity contribution in [3.63, 3.8) is 0 Å². The monoisotopic (exact) mass is 448 g/mol. The molecule has 0 saturated heterocycles. The van der Waals surface area contributed by atoms with Crippen molar-refractivity contribution in [1.29, 1.82) is 0 Å². The normalized spacial score (nSPS) is 14.6. The molecule has 1 aliphatic rings. The molecule has 4 heteroatoms. The molecule has 1 heterocycles. The van der Waals surface area contributed by atoms with Crippen molar-refractivity contribution in [2.24, 2.45) is 0 Å². The molecule has 1 amide bonds. The summed E-state index contributed by atoms with van der Waals surface area (Å²) in [6.07, 6.45) is 11.7. The van der Waals surface area contributed by atoms with Gasteiger partial charge in [0.05, 0.1) is 6.04 Å². The van der Waals surface area contributed by atoms with Gasteiger partial charge in [-0.15, -0.1) is 0 Å². The lowest BCUT2D eigenvalue weighted by Crippen LogP contribution is -2.35. The predicted molar refractivity (Wildman–Crippen MR) is 123 cm³/mol. The van der Waals surface area contributed by atoms with E-state index in [2.05, 4.69) is 81.4 Å². The number of hydrogen-bond acceptors (Lipinski definition) is 1. The van der Waals surface area contributed by atoms with Crippen molar-refractivity contribution in [2.45, 2.75) is 38.8 Å². The highest BCUT2D eigenvalue weighted by molar-refractivity contribution is 9.10. The number of benzene rings is 2. The van der Waals surface area contributed by atoms with Crippen LogP contribution in [-0.4, -0.2) is 16.5 Å². The maximum atomic E-state index is 12.9. The van der Waals surface area contributed by atoms with Crippen LogP contribution in [0.2, 0.25) is 0 Å². The first-order valence-corrected chi connectivity index (χ1v) is 10.9. The van der Waals surface area contributed by atoms with Crippen LogP contribution in [0.1, 0.15) is 42.1 Å². The van der Waals surface area contributed by atoms with Crippen molar-refractivity contribution in [1.82, 2.24) is 9.88 Å². The van der Waals surface area contributed by atoms with Crippen molar-refractivity contribution >= 4 is 32.7 Å². The second kappa shape index (κ2) is 8.83. The third-order valence-electron chi connectivity index (χ3n) is 5.47. The topological polar surface area (TPSA) is 34.0 Å².